The minimum Gasteiger partial charge on any atom is -0.393 e. The summed E-state index contributed by atoms with van der Waals surface area (Å²) in [6, 6.07) is 0.608. The predicted octanol–water partition coefficient (Wildman–Crippen LogP) is 2.57. The molecule has 3 nitrogen and oxygen atoms in total. The molecule has 104 valence electrons. The van der Waals surface area contributed by atoms with Crippen molar-refractivity contribution in [2.75, 3.05) is 0 Å². The Balaban J connectivity index is 1.98. The third-order valence-corrected chi connectivity index (χ3v) is 4.96. The van der Waals surface area contributed by atoms with Crippen molar-refractivity contribution in [1.29, 1.82) is 0 Å². The van der Waals surface area contributed by atoms with Crippen LogP contribution in [0.5, 0.6) is 0 Å². The first kappa shape index (κ1) is 13.9. The minimum absolute atomic E-state index is 0.185. The summed E-state index contributed by atoms with van der Waals surface area (Å²) in [6.45, 7) is 8.75. The van der Waals surface area contributed by atoms with Gasteiger partial charge in [-0.05, 0) is 37.0 Å². The maximum Gasteiger partial charge on any atom is 0.223 e. The summed E-state index contributed by atoms with van der Waals surface area (Å²) in [5.41, 5.74) is 0.185. The average Bonchev–Trinajstić information content (AvgIpc) is 2.50. The van der Waals surface area contributed by atoms with Crippen LogP contribution in [0, 0.1) is 11.3 Å². The first-order valence-corrected chi connectivity index (χ1v) is 7.28. The lowest BCUT2D eigenvalue weighted by molar-refractivity contribution is -0.139. The van der Waals surface area contributed by atoms with Gasteiger partial charge >= 0.3 is 0 Å². The molecule has 1 amide bonds. The number of fused-ring (bicyclic) bond motifs is 2. The van der Waals surface area contributed by atoms with Crippen molar-refractivity contribution in [3.63, 3.8) is 0 Å². The molecule has 2 bridgehead atoms. The molecule has 2 rings (SSSR count). The maximum absolute atomic E-state index is 12.5. The van der Waals surface area contributed by atoms with Crippen LogP contribution in [-0.4, -0.2) is 34.1 Å². The molecule has 0 aromatic heterocycles. The fraction of sp³-hybridized carbons (Fsp3) is 0.933. The number of rotatable bonds is 2. The predicted molar refractivity (Wildman–Crippen MR) is 72.1 cm³/mol. The summed E-state index contributed by atoms with van der Waals surface area (Å²) in [4.78, 5) is 14.6. The van der Waals surface area contributed by atoms with E-state index in [4.69, 9.17) is 0 Å². The zero-order valence-corrected chi connectivity index (χ0v) is 12.1. The Morgan fingerprint density at radius 2 is 1.78 bits per heavy atom. The summed E-state index contributed by atoms with van der Waals surface area (Å²) in [5, 5.41) is 9.76. The Morgan fingerprint density at radius 1 is 1.28 bits per heavy atom. The molecule has 3 unspecified atom stereocenters. The van der Waals surface area contributed by atoms with Crippen molar-refractivity contribution in [1.82, 2.24) is 4.90 Å². The molecule has 0 aromatic carbocycles. The molecule has 0 saturated carbocycles. The van der Waals surface area contributed by atoms with Gasteiger partial charge in [0.1, 0.15) is 0 Å². The number of hydrogen-bond donors (Lipinski definition) is 1. The lowest BCUT2D eigenvalue weighted by atomic mass is 9.79. The topological polar surface area (TPSA) is 40.5 Å². The Bertz CT molecular complexity index is 307. The van der Waals surface area contributed by atoms with Crippen LogP contribution in [0.1, 0.15) is 59.8 Å². The van der Waals surface area contributed by atoms with Gasteiger partial charge in [-0.3, -0.25) is 4.79 Å². The molecular formula is C15H27NO2. The van der Waals surface area contributed by atoms with E-state index in [0.29, 0.717) is 30.3 Å². The molecule has 18 heavy (non-hydrogen) atoms. The molecule has 0 aromatic rings. The molecule has 2 heterocycles. The Hall–Kier alpha value is -0.570. The van der Waals surface area contributed by atoms with Gasteiger partial charge in [-0.1, -0.05) is 27.7 Å². The fourth-order valence-electron chi connectivity index (χ4n) is 3.23. The van der Waals surface area contributed by atoms with Crippen LogP contribution in [0.2, 0.25) is 0 Å². The standard InChI is InChI=1S/C15H27NO2/c1-10(15(2,3)4)7-14(18)16-11-5-6-12(16)9-13(17)8-11/h10-13,17H,5-9H2,1-4H3. The zero-order chi connectivity index (χ0) is 13.5. The van der Waals surface area contributed by atoms with Crippen molar-refractivity contribution in [2.24, 2.45) is 11.3 Å². The first-order valence-electron chi connectivity index (χ1n) is 7.28. The number of aliphatic hydroxyl groups is 1. The first-order chi connectivity index (χ1) is 8.29. The van der Waals surface area contributed by atoms with Gasteiger partial charge in [-0.25, -0.2) is 0 Å². The summed E-state index contributed by atoms with van der Waals surface area (Å²) in [7, 11) is 0. The Kier molecular flexibility index (Phi) is 3.72. The van der Waals surface area contributed by atoms with Gasteiger partial charge < -0.3 is 10.0 Å². The molecule has 2 fully saturated rings. The van der Waals surface area contributed by atoms with Crippen molar-refractivity contribution in [2.45, 2.75) is 78.0 Å². The van der Waals surface area contributed by atoms with Gasteiger partial charge in [-0.15, -0.1) is 0 Å². The van der Waals surface area contributed by atoms with Gasteiger partial charge in [0.15, 0.2) is 0 Å². The van der Waals surface area contributed by atoms with Crippen LogP contribution in [-0.2, 0) is 4.79 Å². The SMILES string of the molecule is CC(CC(=O)N1C2CCC1CC(O)C2)C(C)(C)C. The molecule has 2 aliphatic heterocycles. The molecule has 3 heteroatoms. The monoisotopic (exact) mass is 253 g/mol. The highest BCUT2D eigenvalue weighted by Crippen LogP contribution is 2.37. The van der Waals surface area contributed by atoms with E-state index in [1.54, 1.807) is 0 Å². The molecule has 0 radical (unpaired) electrons. The molecule has 3 atom stereocenters. The highest BCUT2D eigenvalue weighted by molar-refractivity contribution is 5.77. The molecule has 1 N–H and O–H groups in total. The molecule has 2 aliphatic rings. The van der Waals surface area contributed by atoms with E-state index in [1.165, 1.54) is 0 Å². The van der Waals surface area contributed by atoms with Crippen LogP contribution < -0.4 is 0 Å². The van der Waals surface area contributed by atoms with Crippen molar-refractivity contribution in [3.05, 3.63) is 0 Å². The lowest BCUT2D eigenvalue weighted by Crippen LogP contribution is -2.48. The number of carbonyl (C=O) groups is 1. The summed E-state index contributed by atoms with van der Waals surface area (Å²) in [5.74, 6) is 0.702. The van der Waals surface area contributed by atoms with Gasteiger partial charge in [-0.2, -0.15) is 0 Å². The van der Waals surface area contributed by atoms with E-state index in [9.17, 15) is 9.90 Å². The lowest BCUT2D eigenvalue weighted by Gasteiger charge is -2.38. The molecular weight excluding hydrogens is 226 g/mol. The van der Waals surface area contributed by atoms with Crippen LogP contribution in [0.15, 0.2) is 0 Å². The van der Waals surface area contributed by atoms with Crippen LogP contribution in [0.4, 0.5) is 0 Å². The summed E-state index contributed by atoms with van der Waals surface area (Å²) >= 11 is 0. The van der Waals surface area contributed by atoms with E-state index in [1.807, 2.05) is 0 Å². The molecule has 0 aliphatic carbocycles. The number of piperidine rings is 1. The number of nitrogens with zero attached hydrogens (tertiary/aromatic N) is 1. The van der Waals surface area contributed by atoms with E-state index < -0.39 is 0 Å². The number of carbonyl (C=O) groups excluding carboxylic acids is 1. The van der Waals surface area contributed by atoms with Crippen molar-refractivity contribution < 1.29 is 9.90 Å². The van der Waals surface area contributed by atoms with E-state index >= 15 is 0 Å². The Labute approximate surface area is 111 Å². The minimum atomic E-state index is -0.188. The van der Waals surface area contributed by atoms with E-state index in [-0.39, 0.29) is 11.5 Å². The maximum atomic E-state index is 12.5. The zero-order valence-electron chi connectivity index (χ0n) is 12.1. The Morgan fingerprint density at radius 3 is 2.22 bits per heavy atom. The van der Waals surface area contributed by atoms with Gasteiger partial charge in [0, 0.05) is 18.5 Å². The fourth-order valence-corrected chi connectivity index (χ4v) is 3.23. The van der Waals surface area contributed by atoms with E-state index in [2.05, 4.69) is 32.6 Å². The van der Waals surface area contributed by atoms with Gasteiger partial charge in [0.05, 0.1) is 6.10 Å². The smallest absolute Gasteiger partial charge is 0.223 e. The van der Waals surface area contributed by atoms with E-state index in [0.717, 1.165) is 25.7 Å². The van der Waals surface area contributed by atoms with Gasteiger partial charge in [0.25, 0.3) is 0 Å². The largest absolute Gasteiger partial charge is 0.393 e. The second kappa shape index (κ2) is 4.84. The highest BCUT2D eigenvalue weighted by atomic mass is 16.3. The number of hydrogen-bond acceptors (Lipinski definition) is 2. The second-order valence-electron chi connectivity index (χ2n) is 7.28. The summed E-state index contributed by atoms with van der Waals surface area (Å²) in [6.07, 6.45) is 4.19. The highest BCUT2D eigenvalue weighted by Gasteiger charge is 2.43. The number of aliphatic hydroxyl groups excluding tert-OH is 1. The van der Waals surface area contributed by atoms with Crippen LogP contribution in [0.25, 0.3) is 0 Å². The van der Waals surface area contributed by atoms with Gasteiger partial charge in [0.2, 0.25) is 5.91 Å². The van der Waals surface area contributed by atoms with Crippen LogP contribution in [0.3, 0.4) is 0 Å². The average molecular weight is 253 g/mol. The van der Waals surface area contributed by atoms with Crippen molar-refractivity contribution in [3.8, 4) is 0 Å². The summed E-state index contributed by atoms with van der Waals surface area (Å²) < 4.78 is 0. The molecule has 0 spiro atoms. The quantitative estimate of drug-likeness (QED) is 0.821. The number of amides is 1. The van der Waals surface area contributed by atoms with Crippen molar-refractivity contribution >= 4 is 5.91 Å². The normalized spacial score (nSPS) is 33.6. The second-order valence-corrected chi connectivity index (χ2v) is 7.28. The third kappa shape index (κ3) is 2.71. The third-order valence-electron chi connectivity index (χ3n) is 4.96. The van der Waals surface area contributed by atoms with Crippen LogP contribution >= 0.6 is 0 Å². The molecule has 2 saturated heterocycles.